The number of rotatable bonds is 5. The number of ketones is 2. The van der Waals surface area contributed by atoms with Crippen LogP contribution < -0.4 is 4.74 Å². The minimum absolute atomic E-state index is 0.169. The lowest BCUT2D eigenvalue weighted by Gasteiger charge is -2.48. The van der Waals surface area contributed by atoms with Crippen molar-refractivity contribution in [1.29, 1.82) is 0 Å². The second-order valence-electron chi connectivity index (χ2n) is 11.4. The van der Waals surface area contributed by atoms with Crippen LogP contribution in [-0.4, -0.2) is 36.2 Å². The highest BCUT2D eigenvalue weighted by molar-refractivity contribution is 6.31. The molecule has 0 saturated carbocycles. The van der Waals surface area contributed by atoms with Crippen LogP contribution in [0, 0.1) is 12.3 Å². The first-order valence-corrected chi connectivity index (χ1v) is 14.6. The molecule has 1 spiro atoms. The zero-order valence-corrected chi connectivity index (χ0v) is 24.2. The molecule has 1 heterocycles. The molecule has 7 rings (SSSR count). The fraction of sp³-hybridized carbons (Fsp3) is 0.216. The normalized spacial score (nSPS) is 20.2. The number of ether oxygens (including phenoxy) is 2. The van der Waals surface area contributed by atoms with Crippen LogP contribution in [0.15, 0.2) is 97.1 Å². The summed E-state index contributed by atoms with van der Waals surface area (Å²) in [6.45, 7) is 3.93. The minimum atomic E-state index is -1.65. The Kier molecular flexibility index (Phi) is 6.31. The minimum Gasteiger partial charge on any atom is -0.497 e. The number of esters is 1. The average Bonchev–Trinajstić information content (AvgIpc) is 3.51. The van der Waals surface area contributed by atoms with Crippen LogP contribution in [0.25, 0.3) is 10.9 Å². The predicted octanol–water partition coefficient (Wildman–Crippen LogP) is 7.13. The Morgan fingerprint density at radius 1 is 0.814 bits per heavy atom. The summed E-state index contributed by atoms with van der Waals surface area (Å²) in [5, 5.41) is 0.867. The molecule has 43 heavy (non-hydrogen) atoms. The van der Waals surface area contributed by atoms with Crippen molar-refractivity contribution in [2.75, 3.05) is 13.7 Å². The van der Waals surface area contributed by atoms with Gasteiger partial charge in [0, 0.05) is 39.6 Å². The van der Waals surface area contributed by atoms with E-state index >= 15 is 9.59 Å². The van der Waals surface area contributed by atoms with Crippen molar-refractivity contribution in [3.05, 3.63) is 136 Å². The number of aromatic amines is 1. The largest absolute Gasteiger partial charge is 0.497 e. The molecule has 0 saturated heterocycles. The Labute approximate surface area is 249 Å². The number of hydrogen-bond acceptors (Lipinski definition) is 5. The predicted molar refractivity (Wildman–Crippen MR) is 164 cm³/mol. The van der Waals surface area contributed by atoms with Crippen LogP contribution >= 0.6 is 0 Å². The van der Waals surface area contributed by atoms with Crippen LogP contribution in [0.4, 0.5) is 0 Å². The van der Waals surface area contributed by atoms with Crippen molar-refractivity contribution in [1.82, 2.24) is 4.98 Å². The maximum Gasteiger partial charge on any atom is 0.315 e. The first-order chi connectivity index (χ1) is 20.9. The highest BCUT2D eigenvalue weighted by atomic mass is 16.5. The van der Waals surface area contributed by atoms with Crippen LogP contribution in [0.1, 0.15) is 73.3 Å². The van der Waals surface area contributed by atoms with Crippen LogP contribution in [0.3, 0.4) is 0 Å². The zero-order valence-electron chi connectivity index (χ0n) is 24.2. The van der Waals surface area contributed by atoms with Gasteiger partial charge in [-0.2, -0.15) is 0 Å². The van der Waals surface area contributed by atoms with Gasteiger partial charge in [0.25, 0.3) is 0 Å². The molecule has 0 bridgehead atoms. The third kappa shape index (κ3) is 3.75. The summed E-state index contributed by atoms with van der Waals surface area (Å²) in [7, 11) is 1.60. The van der Waals surface area contributed by atoms with Gasteiger partial charge in [-0.25, -0.2) is 0 Å². The molecular formula is C37H31NO5. The van der Waals surface area contributed by atoms with Crippen molar-refractivity contribution in [3.63, 3.8) is 0 Å². The molecule has 0 radical (unpaired) electrons. The Hall–Kier alpha value is -4.97. The number of hydrogen-bond donors (Lipinski definition) is 1. The van der Waals surface area contributed by atoms with Crippen molar-refractivity contribution < 1.29 is 23.9 Å². The molecule has 6 nitrogen and oxygen atoms in total. The van der Waals surface area contributed by atoms with Crippen LogP contribution in [0.5, 0.6) is 5.75 Å². The van der Waals surface area contributed by atoms with E-state index in [9.17, 15) is 4.79 Å². The Balaban J connectivity index is 1.66. The molecule has 1 aromatic heterocycles. The molecule has 1 N–H and O–H groups in total. The van der Waals surface area contributed by atoms with E-state index in [2.05, 4.69) is 4.98 Å². The van der Waals surface area contributed by atoms with Gasteiger partial charge in [0.15, 0.2) is 11.6 Å². The average molecular weight is 570 g/mol. The molecule has 3 atom stereocenters. The highest BCUT2D eigenvalue weighted by Crippen LogP contribution is 2.66. The van der Waals surface area contributed by atoms with Gasteiger partial charge in [0.05, 0.1) is 13.7 Å². The fourth-order valence-corrected chi connectivity index (χ4v) is 7.49. The number of aromatic nitrogens is 1. The summed E-state index contributed by atoms with van der Waals surface area (Å²) >= 11 is 0. The molecule has 0 amide bonds. The molecule has 0 unspecified atom stereocenters. The van der Waals surface area contributed by atoms with Gasteiger partial charge in [-0.1, -0.05) is 84.4 Å². The molecule has 4 aromatic carbocycles. The SMILES string of the molecule is CCOC(=O)[C@H]1c2[nH]c3ccccc3c2[C@@H](c2ccc(OC)cc2)C2(C(=O)c3ccccc3C2=O)[C@@H]1c1ccc(C)cc1. The molecule has 0 fully saturated rings. The van der Waals surface area contributed by atoms with Crippen molar-refractivity contribution in [2.24, 2.45) is 5.41 Å². The van der Waals surface area contributed by atoms with E-state index in [1.165, 1.54) is 0 Å². The van der Waals surface area contributed by atoms with Crippen molar-refractivity contribution >= 4 is 28.4 Å². The number of nitrogens with one attached hydrogen (secondary N) is 1. The number of H-pyrrole nitrogens is 1. The summed E-state index contributed by atoms with van der Waals surface area (Å²) in [5.41, 5.74) is 3.96. The smallest absolute Gasteiger partial charge is 0.315 e. The number of benzene rings is 4. The Morgan fingerprint density at radius 2 is 1.42 bits per heavy atom. The number of fused-ring (bicyclic) bond motifs is 4. The topological polar surface area (TPSA) is 85.5 Å². The summed E-state index contributed by atoms with van der Waals surface area (Å²) < 4.78 is 11.2. The lowest BCUT2D eigenvalue weighted by atomic mass is 9.50. The first-order valence-electron chi connectivity index (χ1n) is 14.6. The number of carbonyl (C=O) groups excluding carboxylic acids is 3. The molecule has 0 aliphatic heterocycles. The molecule has 6 heteroatoms. The molecule has 214 valence electrons. The van der Waals surface area contributed by atoms with Gasteiger partial charge < -0.3 is 14.5 Å². The maximum absolute atomic E-state index is 15.1. The lowest BCUT2D eigenvalue weighted by molar-refractivity contribution is -0.146. The van der Waals surface area contributed by atoms with Crippen molar-refractivity contribution in [2.45, 2.75) is 31.6 Å². The van der Waals surface area contributed by atoms with E-state index in [0.29, 0.717) is 22.6 Å². The standard InChI is InChI=1S/C37H31NO5/c1-4-43-36(41)30-32(22-15-13-21(2)14-16-22)37(34(39)25-9-5-6-10-26(25)35(37)40)31(23-17-19-24(42-3)20-18-23)29-27-11-7-8-12-28(27)38-33(29)30/h5-20,30-32,38H,4H2,1-3H3/t30-,31-,32-/m1/s1. The van der Waals surface area contributed by atoms with Crippen LogP contribution in [0.2, 0.25) is 0 Å². The van der Waals surface area contributed by atoms with E-state index in [-0.39, 0.29) is 18.2 Å². The van der Waals surface area contributed by atoms with Gasteiger partial charge in [0.2, 0.25) is 0 Å². The Bertz CT molecular complexity index is 1870. The van der Waals surface area contributed by atoms with E-state index in [1.54, 1.807) is 38.3 Å². The molecular weight excluding hydrogens is 538 g/mol. The number of aryl methyl sites for hydroxylation is 1. The number of methoxy groups -OCH3 is 1. The van der Waals surface area contributed by atoms with E-state index in [1.807, 2.05) is 79.7 Å². The molecule has 5 aromatic rings. The van der Waals surface area contributed by atoms with Crippen LogP contribution in [-0.2, 0) is 9.53 Å². The second-order valence-corrected chi connectivity index (χ2v) is 11.4. The zero-order chi connectivity index (χ0) is 29.9. The van der Waals surface area contributed by atoms with Gasteiger partial charge in [-0.15, -0.1) is 0 Å². The van der Waals surface area contributed by atoms with Gasteiger partial charge in [-0.3, -0.25) is 14.4 Å². The summed E-state index contributed by atoms with van der Waals surface area (Å²) in [4.78, 5) is 48.0. The highest BCUT2D eigenvalue weighted by Gasteiger charge is 2.68. The number of para-hydroxylation sites is 1. The number of Topliss-reactive ketones (excluding diaryl/α,β-unsaturated/α-hetero) is 2. The number of carbonyl (C=O) groups is 3. The summed E-state index contributed by atoms with van der Waals surface area (Å²) in [6.07, 6.45) is 0. The van der Waals surface area contributed by atoms with E-state index < -0.39 is 29.1 Å². The maximum atomic E-state index is 15.1. The Morgan fingerprint density at radius 3 is 2.05 bits per heavy atom. The van der Waals surface area contributed by atoms with Gasteiger partial charge in [0.1, 0.15) is 17.1 Å². The second kappa shape index (κ2) is 10.1. The fourth-order valence-electron chi connectivity index (χ4n) is 7.49. The first kappa shape index (κ1) is 26.9. The third-order valence-electron chi connectivity index (χ3n) is 9.25. The summed E-state index contributed by atoms with van der Waals surface area (Å²) in [5.74, 6) is -2.82. The van der Waals surface area contributed by atoms with Gasteiger partial charge in [-0.05, 0) is 48.7 Å². The monoisotopic (exact) mass is 569 g/mol. The van der Waals surface area contributed by atoms with E-state index in [4.69, 9.17) is 9.47 Å². The van der Waals surface area contributed by atoms with E-state index in [0.717, 1.165) is 33.2 Å². The van der Waals surface area contributed by atoms with Gasteiger partial charge >= 0.3 is 5.97 Å². The third-order valence-corrected chi connectivity index (χ3v) is 9.25. The molecule has 2 aliphatic rings. The quantitative estimate of drug-likeness (QED) is 0.180. The summed E-state index contributed by atoms with van der Waals surface area (Å²) in [6, 6.07) is 30.2. The lowest BCUT2D eigenvalue weighted by Crippen LogP contribution is -2.52. The molecule has 2 aliphatic carbocycles. The van der Waals surface area contributed by atoms with Crippen molar-refractivity contribution in [3.8, 4) is 5.75 Å².